The van der Waals surface area contributed by atoms with Gasteiger partial charge in [-0.3, -0.25) is 0 Å². The van der Waals surface area contributed by atoms with Gasteiger partial charge in [0, 0.05) is 5.33 Å². The fourth-order valence-corrected chi connectivity index (χ4v) is 1.50. The van der Waals surface area contributed by atoms with Crippen molar-refractivity contribution in [1.29, 1.82) is 0 Å². The highest BCUT2D eigenvalue weighted by molar-refractivity contribution is 9.09. The largest absolute Gasteiger partial charge is 0.0928 e. The van der Waals surface area contributed by atoms with Crippen LogP contribution in [0.2, 0.25) is 0 Å². The SMILES string of the molecule is CC(C)(C)CCCCCCBr.CCC. The molecule has 0 spiro atoms. The van der Waals surface area contributed by atoms with Crippen molar-refractivity contribution >= 4 is 15.9 Å². The number of unbranched alkanes of at least 4 members (excludes halogenated alkanes) is 3. The first-order valence-corrected chi connectivity index (χ1v) is 7.16. The van der Waals surface area contributed by atoms with E-state index < -0.39 is 0 Å². The molecule has 0 aromatic carbocycles. The molecule has 0 saturated heterocycles. The summed E-state index contributed by atoms with van der Waals surface area (Å²) in [6.07, 6.45) is 8.15. The summed E-state index contributed by atoms with van der Waals surface area (Å²) < 4.78 is 0. The Morgan fingerprint density at radius 2 is 1.29 bits per heavy atom. The van der Waals surface area contributed by atoms with Crippen molar-refractivity contribution in [1.82, 2.24) is 0 Å². The molecule has 1 heteroatoms. The maximum absolute atomic E-state index is 3.44. The van der Waals surface area contributed by atoms with Gasteiger partial charge in [0.1, 0.15) is 0 Å². The molecule has 14 heavy (non-hydrogen) atoms. The highest BCUT2D eigenvalue weighted by Gasteiger charge is 2.08. The van der Waals surface area contributed by atoms with Gasteiger partial charge in [0.2, 0.25) is 0 Å². The van der Waals surface area contributed by atoms with Gasteiger partial charge < -0.3 is 0 Å². The van der Waals surface area contributed by atoms with Gasteiger partial charge in [-0.2, -0.15) is 0 Å². The van der Waals surface area contributed by atoms with E-state index in [9.17, 15) is 0 Å². The Morgan fingerprint density at radius 3 is 1.64 bits per heavy atom. The van der Waals surface area contributed by atoms with Crippen LogP contribution in [0, 0.1) is 5.41 Å². The Morgan fingerprint density at radius 1 is 0.857 bits per heavy atom. The van der Waals surface area contributed by atoms with E-state index >= 15 is 0 Å². The van der Waals surface area contributed by atoms with E-state index in [1.165, 1.54) is 43.9 Å². The summed E-state index contributed by atoms with van der Waals surface area (Å²) in [5.41, 5.74) is 0.536. The predicted molar refractivity (Wildman–Crippen MR) is 72.3 cm³/mol. The second-order valence-corrected chi connectivity index (χ2v) is 5.91. The number of rotatable bonds is 5. The van der Waals surface area contributed by atoms with Gasteiger partial charge in [0.15, 0.2) is 0 Å². The minimum Gasteiger partial charge on any atom is -0.0928 e. The van der Waals surface area contributed by atoms with E-state index in [2.05, 4.69) is 50.5 Å². The van der Waals surface area contributed by atoms with E-state index in [-0.39, 0.29) is 0 Å². The second-order valence-electron chi connectivity index (χ2n) is 5.12. The molecule has 0 bridgehead atoms. The first-order chi connectivity index (χ1) is 6.47. The van der Waals surface area contributed by atoms with Gasteiger partial charge in [-0.15, -0.1) is 0 Å². The first kappa shape index (κ1) is 16.9. The van der Waals surface area contributed by atoms with Gasteiger partial charge >= 0.3 is 0 Å². The smallest absolute Gasteiger partial charge is 0.00313 e. The lowest BCUT2D eigenvalue weighted by molar-refractivity contribution is 0.358. The monoisotopic (exact) mass is 264 g/mol. The molecule has 0 aliphatic carbocycles. The number of alkyl halides is 1. The zero-order chi connectivity index (χ0) is 11.4. The van der Waals surface area contributed by atoms with Crippen LogP contribution in [-0.4, -0.2) is 5.33 Å². The molecule has 0 aromatic rings. The Bertz CT molecular complexity index is 91.9. The summed E-state index contributed by atoms with van der Waals surface area (Å²) in [6, 6.07) is 0. The fourth-order valence-electron chi connectivity index (χ4n) is 1.10. The minimum atomic E-state index is 0.536. The van der Waals surface area contributed by atoms with Crippen molar-refractivity contribution in [3.8, 4) is 0 Å². The highest BCUT2D eigenvalue weighted by Crippen LogP contribution is 2.22. The molecule has 88 valence electrons. The van der Waals surface area contributed by atoms with Crippen LogP contribution in [0.1, 0.15) is 73.1 Å². The van der Waals surface area contributed by atoms with E-state index in [0.717, 1.165) is 0 Å². The molecule has 0 saturated carbocycles. The molecule has 0 aliphatic heterocycles. The van der Waals surface area contributed by atoms with Crippen molar-refractivity contribution in [3.05, 3.63) is 0 Å². The highest BCUT2D eigenvalue weighted by atomic mass is 79.9. The molecule has 0 heterocycles. The summed E-state index contributed by atoms with van der Waals surface area (Å²) in [5, 5.41) is 1.17. The van der Waals surface area contributed by atoms with Crippen LogP contribution in [0.3, 0.4) is 0 Å². The van der Waals surface area contributed by atoms with Crippen molar-refractivity contribution < 1.29 is 0 Å². The molecule has 0 atom stereocenters. The topological polar surface area (TPSA) is 0 Å². The third kappa shape index (κ3) is 22.9. The average Bonchev–Trinajstić information content (AvgIpc) is 2.03. The normalized spacial score (nSPS) is 10.7. The van der Waals surface area contributed by atoms with Crippen LogP contribution in [0.4, 0.5) is 0 Å². The number of hydrogen-bond donors (Lipinski definition) is 0. The lowest BCUT2D eigenvalue weighted by Crippen LogP contribution is -2.03. The van der Waals surface area contributed by atoms with Crippen molar-refractivity contribution in [2.75, 3.05) is 5.33 Å². The Kier molecular flexibility index (Phi) is 13.9. The molecule has 0 amide bonds. The summed E-state index contributed by atoms with van der Waals surface area (Å²) in [4.78, 5) is 0. The molecule has 0 unspecified atom stereocenters. The van der Waals surface area contributed by atoms with Gasteiger partial charge in [-0.25, -0.2) is 0 Å². The Balaban J connectivity index is 0. The molecular weight excluding hydrogens is 236 g/mol. The molecule has 0 fully saturated rings. The molecular formula is C13H29Br. The summed E-state index contributed by atoms with van der Waals surface area (Å²) >= 11 is 3.44. The van der Waals surface area contributed by atoms with Gasteiger partial charge in [-0.1, -0.05) is 76.2 Å². The average molecular weight is 265 g/mol. The van der Waals surface area contributed by atoms with E-state index in [0.29, 0.717) is 5.41 Å². The third-order valence-electron chi connectivity index (χ3n) is 1.81. The Labute approximate surface area is 100.0 Å². The summed E-state index contributed by atoms with van der Waals surface area (Å²) in [7, 11) is 0. The fraction of sp³-hybridized carbons (Fsp3) is 1.00. The van der Waals surface area contributed by atoms with Crippen LogP contribution < -0.4 is 0 Å². The molecule has 0 rings (SSSR count). The maximum atomic E-state index is 3.44. The van der Waals surface area contributed by atoms with Crippen molar-refractivity contribution in [3.63, 3.8) is 0 Å². The summed E-state index contributed by atoms with van der Waals surface area (Å²) in [6.45, 7) is 11.2. The molecule has 0 radical (unpaired) electrons. The van der Waals surface area contributed by atoms with Crippen LogP contribution >= 0.6 is 15.9 Å². The van der Waals surface area contributed by atoms with Gasteiger partial charge in [-0.05, 0) is 18.3 Å². The number of hydrogen-bond acceptors (Lipinski definition) is 0. The maximum Gasteiger partial charge on any atom is 0.00313 e. The van der Waals surface area contributed by atoms with Crippen LogP contribution in [0.25, 0.3) is 0 Å². The predicted octanol–water partition coefficient (Wildman–Crippen LogP) is 5.79. The zero-order valence-corrected chi connectivity index (χ0v) is 12.4. The zero-order valence-electron chi connectivity index (χ0n) is 10.8. The van der Waals surface area contributed by atoms with Gasteiger partial charge in [0.25, 0.3) is 0 Å². The summed E-state index contributed by atoms with van der Waals surface area (Å²) in [5.74, 6) is 0. The lowest BCUT2D eigenvalue weighted by Gasteiger charge is -2.17. The third-order valence-corrected chi connectivity index (χ3v) is 2.37. The van der Waals surface area contributed by atoms with E-state index in [4.69, 9.17) is 0 Å². The molecule has 0 aliphatic rings. The van der Waals surface area contributed by atoms with Crippen molar-refractivity contribution in [2.45, 2.75) is 73.1 Å². The van der Waals surface area contributed by atoms with Crippen LogP contribution in [-0.2, 0) is 0 Å². The van der Waals surface area contributed by atoms with Crippen LogP contribution in [0.15, 0.2) is 0 Å². The van der Waals surface area contributed by atoms with E-state index in [1.54, 1.807) is 0 Å². The molecule has 0 aromatic heterocycles. The lowest BCUT2D eigenvalue weighted by atomic mass is 9.89. The van der Waals surface area contributed by atoms with E-state index in [1.807, 2.05) is 0 Å². The van der Waals surface area contributed by atoms with Crippen LogP contribution in [0.5, 0.6) is 0 Å². The first-order valence-electron chi connectivity index (χ1n) is 6.04. The molecule has 0 N–H and O–H groups in total. The van der Waals surface area contributed by atoms with Gasteiger partial charge in [0.05, 0.1) is 0 Å². The molecule has 0 nitrogen and oxygen atoms in total. The standard InChI is InChI=1S/C10H21Br.C3H8/c1-10(2,3)8-6-4-5-7-9-11;1-3-2/h4-9H2,1-3H3;3H2,1-2H3. The Hall–Kier alpha value is 0.480. The quantitative estimate of drug-likeness (QED) is 0.435. The second kappa shape index (κ2) is 11.6. The minimum absolute atomic E-state index is 0.536. The van der Waals surface area contributed by atoms with Crippen molar-refractivity contribution in [2.24, 2.45) is 5.41 Å². The number of halogens is 1.